The van der Waals surface area contributed by atoms with E-state index in [0.29, 0.717) is 0 Å². The molecule has 0 aliphatic heterocycles. The summed E-state index contributed by atoms with van der Waals surface area (Å²) in [5.74, 6) is 0. The largest absolute Gasteiger partial charge is 0.456 e. The molecule has 11 rings (SSSR count). The van der Waals surface area contributed by atoms with Gasteiger partial charge in [0.15, 0.2) is 0 Å². The molecule has 0 radical (unpaired) electrons. The van der Waals surface area contributed by atoms with Crippen molar-refractivity contribution in [3.8, 4) is 33.4 Å². The van der Waals surface area contributed by atoms with Gasteiger partial charge in [0, 0.05) is 33.0 Å². The van der Waals surface area contributed by atoms with Crippen molar-refractivity contribution in [2.75, 3.05) is 4.90 Å². The fourth-order valence-electron chi connectivity index (χ4n) is 8.33. The van der Waals surface area contributed by atoms with E-state index in [1.165, 1.54) is 16.3 Å². The van der Waals surface area contributed by atoms with Gasteiger partial charge in [0.05, 0.1) is 16.8 Å². The first-order valence-corrected chi connectivity index (χ1v) is 18.7. The van der Waals surface area contributed by atoms with Crippen LogP contribution in [-0.4, -0.2) is 0 Å². The standard InChI is InChI=1S/C52H33NO2/c1-4-15-34(16-5-1)37-27-29-45(42(31-37)35-17-6-2-7-18-35)53(46-24-14-26-49-51(46)41-23-12-13-25-47(41)54-49)39-28-30-48-44(33-39)50-40-22-11-10-21-38(40)32-43(52(50)55-48)36-19-8-3-9-20-36/h1-33H. The molecule has 3 nitrogen and oxygen atoms in total. The van der Waals surface area contributed by atoms with E-state index >= 15 is 0 Å². The summed E-state index contributed by atoms with van der Waals surface area (Å²) in [5.41, 5.74) is 13.4. The SMILES string of the molecule is c1ccc(-c2ccc(N(c3ccc4oc5c(-c6ccccc6)cc6ccccc6c5c4c3)c3cccc4oc5ccccc5c34)c(-c3ccccc3)c2)cc1. The lowest BCUT2D eigenvalue weighted by molar-refractivity contribution is 0.669. The van der Waals surface area contributed by atoms with Crippen LogP contribution in [0.4, 0.5) is 17.1 Å². The van der Waals surface area contributed by atoms with Crippen molar-refractivity contribution in [1.29, 1.82) is 0 Å². The maximum Gasteiger partial charge on any atom is 0.143 e. The summed E-state index contributed by atoms with van der Waals surface area (Å²) >= 11 is 0. The van der Waals surface area contributed by atoms with Crippen LogP contribution in [0.3, 0.4) is 0 Å². The molecule has 55 heavy (non-hydrogen) atoms. The van der Waals surface area contributed by atoms with Crippen LogP contribution in [0.15, 0.2) is 209 Å². The third kappa shape index (κ3) is 5.13. The molecule has 0 saturated carbocycles. The van der Waals surface area contributed by atoms with E-state index < -0.39 is 0 Å². The van der Waals surface area contributed by atoms with Crippen LogP contribution in [0, 0.1) is 0 Å². The molecule has 3 heteroatoms. The van der Waals surface area contributed by atoms with Crippen LogP contribution in [-0.2, 0) is 0 Å². The maximum absolute atomic E-state index is 6.83. The van der Waals surface area contributed by atoms with Crippen LogP contribution in [0.5, 0.6) is 0 Å². The van der Waals surface area contributed by atoms with Crippen molar-refractivity contribution in [3.05, 3.63) is 200 Å². The summed E-state index contributed by atoms with van der Waals surface area (Å²) in [6.45, 7) is 0. The molecule has 0 atom stereocenters. The van der Waals surface area contributed by atoms with E-state index in [0.717, 1.165) is 88.8 Å². The smallest absolute Gasteiger partial charge is 0.143 e. The molecule has 258 valence electrons. The molecule has 0 bridgehead atoms. The van der Waals surface area contributed by atoms with Crippen molar-refractivity contribution < 1.29 is 8.83 Å². The van der Waals surface area contributed by atoms with Crippen molar-refractivity contribution in [1.82, 2.24) is 0 Å². The van der Waals surface area contributed by atoms with Gasteiger partial charge < -0.3 is 13.7 Å². The molecular weight excluding hydrogens is 671 g/mol. The molecule has 2 aromatic heterocycles. The monoisotopic (exact) mass is 703 g/mol. The van der Waals surface area contributed by atoms with Gasteiger partial charge in [-0.3, -0.25) is 0 Å². The number of furan rings is 2. The Morgan fingerprint density at radius 2 is 0.964 bits per heavy atom. The van der Waals surface area contributed by atoms with Crippen molar-refractivity contribution in [3.63, 3.8) is 0 Å². The summed E-state index contributed by atoms with van der Waals surface area (Å²) < 4.78 is 13.3. The highest BCUT2D eigenvalue weighted by Gasteiger charge is 2.24. The number of hydrogen-bond acceptors (Lipinski definition) is 3. The lowest BCUT2D eigenvalue weighted by atomic mass is 9.95. The highest BCUT2D eigenvalue weighted by atomic mass is 16.3. The van der Waals surface area contributed by atoms with E-state index in [4.69, 9.17) is 8.83 Å². The van der Waals surface area contributed by atoms with Gasteiger partial charge in [-0.05, 0) is 87.6 Å². The van der Waals surface area contributed by atoms with Gasteiger partial charge in [-0.25, -0.2) is 0 Å². The zero-order valence-corrected chi connectivity index (χ0v) is 29.8. The van der Waals surface area contributed by atoms with Crippen LogP contribution >= 0.6 is 0 Å². The Balaban J connectivity index is 1.23. The molecule has 11 aromatic rings. The minimum Gasteiger partial charge on any atom is -0.456 e. The average Bonchev–Trinajstić information content (AvgIpc) is 3.84. The normalized spacial score (nSPS) is 11.6. The number of rotatable bonds is 6. The van der Waals surface area contributed by atoms with Crippen LogP contribution < -0.4 is 4.90 Å². The van der Waals surface area contributed by atoms with Crippen LogP contribution in [0.25, 0.3) is 88.0 Å². The van der Waals surface area contributed by atoms with Gasteiger partial charge in [-0.1, -0.05) is 146 Å². The fourth-order valence-corrected chi connectivity index (χ4v) is 8.33. The molecule has 0 aliphatic carbocycles. The van der Waals surface area contributed by atoms with E-state index in [1.807, 2.05) is 12.1 Å². The van der Waals surface area contributed by atoms with E-state index in [1.54, 1.807) is 0 Å². The van der Waals surface area contributed by atoms with Gasteiger partial charge >= 0.3 is 0 Å². The van der Waals surface area contributed by atoms with Crippen LogP contribution in [0.1, 0.15) is 0 Å². The number of para-hydroxylation sites is 1. The van der Waals surface area contributed by atoms with Gasteiger partial charge in [-0.15, -0.1) is 0 Å². The molecule has 0 saturated heterocycles. The Bertz CT molecular complexity index is 3200. The summed E-state index contributed by atoms with van der Waals surface area (Å²) in [5, 5.41) is 6.67. The highest BCUT2D eigenvalue weighted by molar-refractivity contribution is 6.23. The van der Waals surface area contributed by atoms with E-state index in [-0.39, 0.29) is 0 Å². The molecule has 9 aromatic carbocycles. The van der Waals surface area contributed by atoms with Crippen molar-refractivity contribution in [2.24, 2.45) is 0 Å². The second-order valence-electron chi connectivity index (χ2n) is 14.0. The van der Waals surface area contributed by atoms with Gasteiger partial charge in [0.2, 0.25) is 0 Å². The molecule has 0 spiro atoms. The fraction of sp³-hybridized carbons (Fsp3) is 0. The zero-order chi connectivity index (χ0) is 36.3. The third-order valence-corrected chi connectivity index (χ3v) is 10.8. The summed E-state index contributed by atoms with van der Waals surface area (Å²) in [6.07, 6.45) is 0. The van der Waals surface area contributed by atoms with Gasteiger partial charge in [0.1, 0.15) is 22.3 Å². The highest BCUT2D eigenvalue weighted by Crippen LogP contribution is 2.49. The molecule has 0 fully saturated rings. The first-order chi connectivity index (χ1) is 27.3. The lowest BCUT2D eigenvalue weighted by Crippen LogP contribution is -2.11. The van der Waals surface area contributed by atoms with Crippen molar-refractivity contribution >= 4 is 71.7 Å². The number of hydrogen-bond donors (Lipinski definition) is 0. The summed E-state index contributed by atoms with van der Waals surface area (Å²) in [7, 11) is 0. The molecule has 2 heterocycles. The molecular formula is C52H33NO2. The maximum atomic E-state index is 6.83. The Labute approximate surface area is 317 Å². The third-order valence-electron chi connectivity index (χ3n) is 10.8. The minimum absolute atomic E-state index is 0.846. The number of nitrogens with zero attached hydrogens (tertiary/aromatic N) is 1. The average molecular weight is 704 g/mol. The summed E-state index contributed by atoms with van der Waals surface area (Å²) in [4.78, 5) is 2.41. The minimum atomic E-state index is 0.846. The first-order valence-electron chi connectivity index (χ1n) is 18.7. The Kier molecular flexibility index (Phi) is 7.17. The Hall–Kier alpha value is -7.36. The predicted molar refractivity (Wildman–Crippen MR) is 229 cm³/mol. The molecule has 0 amide bonds. The van der Waals surface area contributed by atoms with Crippen molar-refractivity contribution in [2.45, 2.75) is 0 Å². The Morgan fingerprint density at radius 1 is 0.327 bits per heavy atom. The quantitative estimate of drug-likeness (QED) is 0.173. The topological polar surface area (TPSA) is 29.5 Å². The second kappa shape index (κ2) is 12.6. The zero-order valence-electron chi connectivity index (χ0n) is 29.8. The second-order valence-corrected chi connectivity index (χ2v) is 14.0. The van der Waals surface area contributed by atoms with E-state index in [9.17, 15) is 0 Å². The first kappa shape index (κ1) is 31.2. The number of benzene rings is 9. The van der Waals surface area contributed by atoms with Gasteiger partial charge in [-0.2, -0.15) is 0 Å². The summed E-state index contributed by atoms with van der Waals surface area (Å²) in [6, 6.07) is 70.9. The van der Waals surface area contributed by atoms with Crippen LogP contribution in [0.2, 0.25) is 0 Å². The molecule has 0 unspecified atom stereocenters. The van der Waals surface area contributed by atoms with Gasteiger partial charge in [0.25, 0.3) is 0 Å². The Morgan fingerprint density at radius 3 is 1.75 bits per heavy atom. The molecule has 0 aliphatic rings. The lowest BCUT2D eigenvalue weighted by Gasteiger charge is -2.29. The number of fused-ring (bicyclic) bond motifs is 8. The van der Waals surface area contributed by atoms with E-state index in [2.05, 4.69) is 193 Å². The number of anilines is 3. The molecule has 0 N–H and O–H groups in total. The predicted octanol–water partition coefficient (Wildman–Crippen LogP) is 15.1.